The van der Waals surface area contributed by atoms with E-state index in [1.54, 1.807) is 0 Å². The van der Waals surface area contributed by atoms with Crippen molar-refractivity contribution in [3.05, 3.63) is 24.0 Å². The molecule has 3 nitrogen and oxygen atoms in total. The summed E-state index contributed by atoms with van der Waals surface area (Å²) in [5.74, 6) is -0.744. The summed E-state index contributed by atoms with van der Waals surface area (Å²) in [6.07, 6.45) is 2.73. The van der Waals surface area contributed by atoms with E-state index in [-0.39, 0.29) is 6.42 Å². The third-order valence-corrected chi connectivity index (χ3v) is 1.65. The number of rotatable bonds is 3. The van der Waals surface area contributed by atoms with Crippen LogP contribution >= 0.6 is 0 Å². The lowest BCUT2D eigenvalue weighted by Gasteiger charge is -1.99. The summed E-state index contributed by atoms with van der Waals surface area (Å²) < 4.78 is 1.93. The minimum absolute atomic E-state index is 0.206. The molecule has 1 N–H and O–H groups in total. The van der Waals surface area contributed by atoms with Gasteiger partial charge in [-0.05, 0) is 18.6 Å². The molecule has 1 aromatic heterocycles. The van der Waals surface area contributed by atoms with Crippen molar-refractivity contribution in [2.45, 2.75) is 12.8 Å². The SMILES string of the molecule is Cn1cccc1CCC(=O)O. The van der Waals surface area contributed by atoms with Crippen LogP contribution in [0, 0.1) is 0 Å². The highest BCUT2D eigenvalue weighted by atomic mass is 16.4. The van der Waals surface area contributed by atoms with E-state index < -0.39 is 5.97 Å². The third-order valence-electron chi connectivity index (χ3n) is 1.65. The zero-order chi connectivity index (χ0) is 8.27. The second kappa shape index (κ2) is 3.23. The van der Waals surface area contributed by atoms with Crippen LogP contribution in [0.15, 0.2) is 18.3 Å². The van der Waals surface area contributed by atoms with E-state index in [0.29, 0.717) is 6.42 Å². The summed E-state index contributed by atoms with van der Waals surface area (Å²) in [5, 5.41) is 8.39. The second-order valence-corrected chi connectivity index (χ2v) is 2.50. The maximum Gasteiger partial charge on any atom is 0.303 e. The van der Waals surface area contributed by atoms with Crippen molar-refractivity contribution in [1.82, 2.24) is 4.57 Å². The maximum absolute atomic E-state index is 10.2. The van der Waals surface area contributed by atoms with Gasteiger partial charge in [0, 0.05) is 18.9 Å². The molecule has 0 fully saturated rings. The molecule has 1 rings (SSSR count). The first kappa shape index (κ1) is 7.85. The van der Waals surface area contributed by atoms with Crippen LogP contribution in [-0.2, 0) is 18.3 Å². The molecule has 0 unspecified atom stereocenters. The van der Waals surface area contributed by atoms with Crippen molar-refractivity contribution in [3.63, 3.8) is 0 Å². The Morgan fingerprint density at radius 2 is 2.45 bits per heavy atom. The van der Waals surface area contributed by atoms with Gasteiger partial charge in [-0.25, -0.2) is 0 Å². The summed E-state index contributed by atoms with van der Waals surface area (Å²) in [4.78, 5) is 10.2. The van der Waals surface area contributed by atoms with Crippen LogP contribution in [0.3, 0.4) is 0 Å². The van der Waals surface area contributed by atoms with Crippen molar-refractivity contribution in [2.75, 3.05) is 0 Å². The summed E-state index contributed by atoms with van der Waals surface area (Å²) in [6.45, 7) is 0. The molecule has 0 atom stereocenters. The van der Waals surface area contributed by atoms with Crippen molar-refractivity contribution in [3.8, 4) is 0 Å². The molecule has 1 aromatic rings. The molecule has 0 radical (unpaired) electrons. The number of hydrogen-bond acceptors (Lipinski definition) is 1. The topological polar surface area (TPSA) is 42.2 Å². The molecule has 60 valence electrons. The lowest BCUT2D eigenvalue weighted by molar-refractivity contribution is -0.136. The van der Waals surface area contributed by atoms with E-state index in [9.17, 15) is 4.79 Å². The normalized spacial score (nSPS) is 9.91. The van der Waals surface area contributed by atoms with Crippen LogP contribution in [0.4, 0.5) is 0 Å². The number of aromatic nitrogens is 1. The number of aryl methyl sites for hydroxylation is 2. The predicted octanol–water partition coefficient (Wildman–Crippen LogP) is 1.04. The molecule has 0 aliphatic carbocycles. The van der Waals surface area contributed by atoms with Gasteiger partial charge < -0.3 is 9.67 Å². The average Bonchev–Trinajstić information content (AvgIpc) is 2.31. The van der Waals surface area contributed by atoms with E-state index in [1.165, 1.54) is 0 Å². The largest absolute Gasteiger partial charge is 0.481 e. The van der Waals surface area contributed by atoms with Gasteiger partial charge in [0.15, 0.2) is 0 Å². The van der Waals surface area contributed by atoms with Gasteiger partial charge in [0.2, 0.25) is 0 Å². The summed E-state index contributed by atoms with van der Waals surface area (Å²) in [6, 6.07) is 3.85. The Kier molecular flexibility index (Phi) is 2.31. The van der Waals surface area contributed by atoms with Crippen LogP contribution in [0.25, 0.3) is 0 Å². The van der Waals surface area contributed by atoms with Crippen molar-refractivity contribution in [2.24, 2.45) is 7.05 Å². The quantitative estimate of drug-likeness (QED) is 0.705. The number of hydrogen-bond donors (Lipinski definition) is 1. The lowest BCUT2D eigenvalue weighted by Crippen LogP contribution is -2.01. The van der Waals surface area contributed by atoms with Gasteiger partial charge in [-0.1, -0.05) is 0 Å². The highest BCUT2D eigenvalue weighted by Gasteiger charge is 2.00. The Morgan fingerprint density at radius 1 is 1.73 bits per heavy atom. The van der Waals surface area contributed by atoms with Gasteiger partial charge in [0.05, 0.1) is 6.42 Å². The van der Waals surface area contributed by atoms with Crippen LogP contribution < -0.4 is 0 Å². The number of carboxylic acid groups (broad SMARTS) is 1. The number of carbonyl (C=O) groups is 1. The van der Waals surface area contributed by atoms with E-state index in [0.717, 1.165) is 5.69 Å². The molecule has 0 amide bonds. The highest BCUT2D eigenvalue weighted by molar-refractivity contribution is 5.66. The Hall–Kier alpha value is -1.25. The molecule has 0 bridgehead atoms. The zero-order valence-electron chi connectivity index (χ0n) is 6.45. The highest BCUT2D eigenvalue weighted by Crippen LogP contribution is 2.02. The molecule has 0 spiro atoms. The predicted molar refractivity (Wildman–Crippen MR) is 41.4 cm³/mol. The molecular formula is C8H11NO2. The average molecular weight is 153 g/mol. The Morgan fingerprint density at radius 3 is 2.91 bits per heavy atom. The Balaban J connectivity index is 2.51. The molecule has 11 heavy (non-hydrogen) atoms. The van der Waals surface area contributed by atoms with Crippen molar-refractivity contribution >= 4 is 5.97 Å². The fourth-order valence-electron chi connectivity index (χ4n) is 0.991. The van der Waals surface area contributed by atoms with E-state index in [1.807, 2.05) is 29.9 Å². The molecule has 0 aromatic carbocycles. The monoisotopic (exact) mass is 153 g/mol. The van der Waals surface area contributed by atoms with E-state index in [2.05, 4.69) is 0 Å². The minimum atomic E-state index is -0.744. The molecule has 1 heterocycles. The number of nitrogens with zero attached hydrogens (tertiary/aromatic N) is 1. The van der Waals surface area contributed by atoms with Crippen molar-refractivity contribution < 1.29 is 9.90 Å². The molecule has 0 aliphatic rings. The van der Waals surface area contributed by atoms with Gasteiger partial charge in [-0.2, -0.15) is 0 Å². The lowest BCUT2D eigenvalue weighted by atomic mass is 10.2. The van der Waals surface area contributed by atoms with Gasteiger partial charge in [0.1, 0.15) is 0 Å². The van der Waals surface area contributed by atoms with Crippen LogP contribution in [-0.4, -0.2) is 15.6 Å². The van der Waals surface area contributed by atoms with Crippen molar-refractivity contribution in [1.29, 1.82) is 0 Å². The smallest absolute Gasteiger partial charge is 0.303 e. The van der Waals surface area contributed by atoms with Gasteiger partial charge >= 0.3 is 5.97 Å². The van der Waals surface area contributed by atoms with Crippen LogP contribution in [0.2, 0.25) is 0 Å². The first-order chi connectivity index (χ1) is 5.20. The Labute approximate surface area is 65.3 Å². The first-order valence-corrected chi connectivity index (χ1v) is 3.52. The molecular weight excluding hydrogens is 142 g/mol. The first-order valence-electron chi connectivity index (χ1n) is 3.52. The van der Waals surface area contributed by atoms with Crippen LogP contribution in [0.1, 0.15) is 12.1 Å². The molecule has 3 heteroatoms. The molecule has 0 aliphatic heterocycles. The number of aliphatic carboxylic acids is 1. The van der Waals surface area contributed by atoms with E-state index in [4.69, 9.17) is 5.11 Å². The summed E-state index contributed by atoms with van der Waals surface area (Å²) in [7, 11) is 1.91. The number of carboxylic acids is 1. The Bertz CT molecular complexity index is 252. The zero-order valence-corrected chi connectivity index (χ0v) is 6.45. The second-order valence-electron chi connectivity index (χ2n) is 2.50. The van der Waals surface area contributed by atoms with E-state index >= 15 is 0 Å². The maximum atomic E-state index is 10.2. The summed E-state index contributed by atoms with van der Waals surface area (Å²) >= 11 is 0. The van der Waals surface area contributed by atoms with Gasteiger partial charge in [0.25, 0.3) is 0 Å². The standard InChI is InChI=1S/C8H11NO2/c1-9-6-2-3-7(9)4-5-8(10)11/h2-3,6H,4-5H2,1H3,(H,10,11). The fourth-order valence-corrected chi connectivity index (χ4v) is 0.991. The summed E-state index contributed by atoms with van der Waals surface area (Å²) in [5.41, 5.74) is 1.06. The molecule has 0 saturated heterocycles. The van der Waals surface area contributed by atoms with Gasteiger partial charge in [-0.3, -0.25) is 4.79 Å². The third kappa shape index (κ3) is 2.11. The fraction of sp³-hybridized carbons (Fsp3) is 0.375. The minimum Gasteiger partial charge on any atom is -0.481 e. The van der Waals surface area contributed by atoms with Crippen LogP contribution in [0.5, 0.6) is 0 Å². The van der Waals surface area contributed by atoms with Gasteiger partial charge in [-0.15, -0.1) is 0 Å². The molecule has 0 saturated carbocycles.